The Hall–Kier alpha value is -0.830. The van der Waals surface area contributed by atoms with Gasteiger partial charge >= 0.3 is 5.97 Å². The van der Waals surface area contributed by atoms with Gasteiger partial charge in [0.05, 0.1) is 13.0 Å². The Morgan fingerprint density at radius 1 is 1.60 bits per heavy atom. The van der Waals surface area contributed by atoms with Crippen LogP contribution in [0.25, 0.3) is 0 Å². The fourth-order valence-electron chi connectivity index (χ4n) is 0.304. The highest BCUT2D eigenvalue weighted by molar-refractivity contribution is 5.66. The van der Waals surface area contributed by atoms with Gasteiger partial charge in [-0.2, -0.15) is 0 Å². The molecule has 0 aliphatic heterocycles. The van der Waals surface area contributed by atoms with E-state index < -0.39 is 5.97 Å². The fraction of sp³-hybridized carbons (Fsp3) is 0.571. The Morgan fingerprint density at radius 2 is 2.10 bits per heavy atom. The lowest BCUT2D eigenvalue weighted by Gasteiger charge is -1.93. The van der Waals surface area contributed by atoms with Crippen LogP contribution in [-0.2, 0) is 9.53 Å². The van der Waals surface area contributed by atoms with Crippen LogP contribution in [0.3, 0.4) is 0 Å². The number of aliphatic carboxylic acids is 1. The first-order valence-electron chi connectivity index (χ1n) is 3.07. The smallest absolute Gasteiger partial charge is 0.305 e. The average molecular weight is 146 g/mol. The first-order chi connectivity index (χ1) is 4.77. The van der Waals surface area contributed by atoms with Crippen molar-refractivity contribution in [1.82, 2.24) is 0 Å². The molecule has 0 rings (SSSR count). The van der Waals surface area contributed by atoms with Gasteiger partial charge in [-0.1, -0.05) is 0 Å². The van der Waals surface area contributed by atoms with Crippen LogP contribution >= 0.6 is 0 Å². The van der Waals surface area contributed by atoms with E-state index in [0.717, 1.165) is 0 Å². The average Bonchev–Trinajstić information content (AvgIpc) is 1.92. The lowest BCUT2D eigenvalue weighted by atomic mass is 10.5. The Labute approximate surface area is 61.3 Å². The predicted octanol–water partition coefficient (Wildman–Crippen LogP) is 1.30. The van der Waals surface area contributed by atoms with E-state index in [4.69, 9.17) is 9.84 Å². The maximum Gasteiger partial charge on any atom is 0.305 e. The van der Waals surface area contributed by atoms with E-state index in [2.05, 4.69) is 13.2 Å². The highest BCUT2D eigenvalue weighted by Crippen LogP contribution is 1.79. The van der Waals surface area contributed by atoms with Gasteiger partial charge in [-0.15, -0.1) is 13.2 Å². The number of carbonyl (C=O) groups is 1. The molecule has 0 aromatic carbocycles. The molecular formula is C7H14O3. The molecule has 3 nitrogen and oxygen atoms in total. The Bertz CT molecular complexity index is 80.9. The molecule has 0 aliphatic carbocycles. The molecule has 60 valence electrons. The molecule has 0 amide bonds. The first-order valence-corrected chi connectivity index (χ1v) is 3.07. The van der Waals surface area contributed by atoms with Crippen molar-refractivity contribution >= 4 is 5.97 Å². The molecule has 0 saturated carbocycles. The van der Waals surface area contributed by atoms with Gasteiger partial charge < -0.3 is 9.84 Å². The minimum Gasteiger partial charge on any atom is -0.481 e. The second-order valence-corrected chi connectivity index (χ2v) is 1.34. The summed E-state index contributed by atoms with van der Waals surface area (Å²) in [6, 6.07) is 0. The second-order valence-electron chi connectivity index (χ2n) is 1.34. The maximum atomic E-state index is 9.79. The van der Waals surface area contributed by atoms with E-state index in [1.807, 2.05) is 6.92 Å². The lowest BCUT2D eigenvalue weighted by Crippen LogP contribution is -2.01. The molecule has 0 aromatic rings. The van der Waals surface area contributed by atoms with Gasteiger partial charge in [-0.25, -0.2) is 0 Å². The highest BCUT2D eigenvalue weighted by atomic mass is 16.5. The van der Waals surface area contributed by atoms with Crippen LogP contribution in [0, 0.1) is 0 Å². The van der Waals surface area contributed by atoms with Gasteiger partial charge in [0.2, 0.25) is 0 Å². The SMILES string of the molecule is C=C.CCOCCC(=O)O. The monoisotopic (exact) mass is 146 g/mol. The third kappa shape index (κ3) is 15.7. The highest BCUT2D eigenvalue weighted by Gasteiger charge is 1.92. The molecule has 0 unspecified atom stereocenters. The van der Waals surface area contributed by atoms with E-state index in [1.165, 1.54) is 0 Å². The number of rotatable bonds is 4. The van der Waals surface area contributed by atoms with Gasteiger partial charge in [0.15, 0.2) is 0 Å². The molecular weight excluding hydrogens is 132 g/mol. The third-order valence-corrected chi connectivity index (χ3v) is 0.664. The van der Waals surface area contributed by atoms with E-state index >= 15 is 0 Å². The van der Waals surface area contributed by atoms with Gasteiger partial charge in [-0.3, -0.25) is 4.79 Å². The van der Waals surface area contributed by atoms with Crippen LogP contribution in [-0.4, -0.2) is 24.3 Å². The minimum atomic E-state index is -0.807. The number of ether oxygens (including phenoxy) is 1. The largest absolute Gasteiger partial charge is 0.481 e. The summed E-state index contributed by atoms with van der Waals surface area (Å²) >= 11 is 0. The van der Waals surface area contributed by atoms with Crippen LogP contribution in [0.4, 0.5) is 0 Å². The van der Waals surface area contributed by atoms with Crippen LogP contribution in [0.2, 0.25) is 0 Å². The van der Waals surface area contributed by atoms with E-state index in [-0.39, 0.29) is 6.42 Å². The summed E-state index contributed by atoms with van der Waals surface area (Å²) in [5, 5.41) is 8.06. The summed E-state index contributed by atoms with van der Waals surface area (Å²) in [7, 11) is 0. The summed E-state index contributed by atoms with van der Waals surface area (Å²) in [6.07, 6.45) is 0.105. The minimum absolute atomic E-state index is 0.105. The van der Waals surface area contributed by atoms with Gasteiger partial charge in [0.1, 0.15) is 0 Å². The lowest BCUT2D eigenvalue weighted by molar-refractivity contribution is -0.138. The molecule has 0 fully saturated rings. The molecule has 0 heterocycles. The molecule has 0 atom stereocenters. The van der Waals surface area contributed by atoms with Crippen molar-refractivity contribution < 1.29 is 14.6 Å². The summed E-state index contributed by atoms with van der Waals surface area (Å²) in [5.74, 6) is -0.807. The molecule has 0 bridgehead atoms. The number of carboxylic acid groups (broad SMARTS) is 1. The van der Waals surface area contributed by atoms with Crippen LogP contribution in [0.5, 0.6) is 0 Å². The molecule has 0 aromatic heterocycles. The van der Waals surface area contributed by atoms with Crippen molar-refractivity contribution in [3.63, 3.8) is 0 Å². The Kier molecular flexibility index (Phi) is 13.1. The standard InChI is InChI=1S/C5H10O3.C2H4/c1-2-8-4-3-5(6)7;1-2/h2-4H2,1H3,(H,6,7);1-2H2. The summed E-state index contributed by atoms with van der Waals surface area (Å²) in [5.41, 5.74) is 0. The second kappa shape index (κ2) is 11.0. The molecule has 0 radical (unpaired) electrons. The molecule has 0 aliphatic rings. The Balaban J connectivity index is 0. The van der Waals surface area contributed by atoms with Crippen molar-refractivity contribution in [1.29, 1.82) is 0 Å². The fourth-order valence-corrected chi connectivity index (χ4v) is 0.304. The normalized spacial score (nSPS) is 7.70. The zero-order valence-corrected chi connectivity index (χ0v) is 6.30. The van der Waals surface area contributed by atoms with Crippen molar-refractivity contribution in [2.45, 2.75) is 13.3 Å². The van der Waals surface area contributed by atoms with E-state index in [1.54, 1.807) is 0 Å². The zero-order valence-electron chi connectivity index (χ0n) is 6.30. The predicted molar refractivity (Wildman–Crippen MR) is 40.0 cm³/mol. The number of carboxylic acids is 1. The number of hydrogen-bond donors (Lipinski definition) is 1. The van der Waals surface area contributed by atoms with Crippen molar-refractivity contribution in [2.24, 2.45) is 0 Å². The van der Waals surface area contributed by atoms with Gasteiger partial charge in [-0.05, 0) is 6.92 Å². The molecule has 0 saturated heterocycles. The van der Waals surface area contributed by atoms with Crippen LogP contribution in [0.15, 0.2) is 13.2 Å². The molecule has 3 heteroatoms. The topological polar surface area (TPSA) is 46.5 Å². The number of hydrogen-bond acceptors (Lipinski definition) is 2. The third-order valence-electron chi connectivity index (χ3n) is 0.664. The van der Waals surface area contributed by atoms with Crippen molar-refractivity contribution in [3.05, 3.63) is 13.2 Å². The van der Waals surface area contributed by atoms with Gasteiger partial charge in [0.25, 0.3) is 0 Å². The van der Waals surface area contributed by atoms with E-state index in [0.29, 0.717) is 13.2 Å². The maximum absolute atomic E-state index is 9.79. The first kappa shape index (κ1) is 11.9. The van der Waals surface area contributed by atoms with Gasteiger partial charge in [0, 0.05) is 6.61 Å². The zero-order chi connectivity index (χ0) is 8.41. The summed E-state index contributed by atoms with van der Waals surface area (Å²) in [4.78, 5) is 9.79. The summed E-state index contributed by atoms with van der Waals surface area (Å²) < 4.78 is 4.76. The summed E-state index contributed by atoms with van der Waals surface area (Å²) in [6.45, 7) is 8.75. The Morgan fingerprint density at radius 3 is 2.40 bits per heavy atom. The van der Waals surface area contributed by atoms with Crippen molar-refractivity contribution in [2.75, 3.05) is 13.2 Å². The van der Waals surface area contributed by atoms with Crippen molar-refractivity contribution in [3.8, 4) is 0 Å². The molecule has 1 N–H and O–H groups in total. The quantitative estimate of drug-likeness (QED) is 0.480. The van der Waals surface area contributed by atoms with Crippen LogP contribution in [0.1, 0.15) is 13.3 Å². The molecule has 0 spiro atoms. The van der Waals surface area contributed by atoms with E-state index in [9.17, 15) is 4.79 Å². The molecule has 10 heavy (non-hydrogen) atoms. The van der Waals surface area contributed by atoms with Crippen LogP contribution < -0.4 is 0 Å².